The summed E-state index contributed by atoms with van der Waals surface area (Å²) in [6, 6.07) is 0.0297. The highest BCUT2D eigenvalue weighted by molar-refractivity contribution is 7.99. The van der Waals surface area contributed by atoms with Gasteiger partial charge in [-0.3, -0.25) is 0 Å². The van der Waals surface area contributed by atoms with Crippen LogP contribution in [0.15, 0.2) is 10.1 Å². The number of rotatable bonds is 5. The summed E-state index contributed by atoms with van der Waals surface area (Å²) >= 11 is 1.78. The maximum absolute atomic E-state index is 10.5. The van der Waals surface area contributed by atoms with Crippen LogP contribution in [0.4, 0.5) is 5.82 Å². The van der Waals surface area contributed by atoms with Crippen LogP contribution >= 0.6 is 11.8 Å². The van der Waals surface area contributed by atoms with Gasteiger partial charge in [-0.05, 0) is 12.8 Å². The first-order chi connectivity index (χ1) is 8.61. The fourth-order valence-corrected chi connectivity index (χ4v) is 3.02. The van der Waals surface area contributed by atoms with Crippen LogP contribution in [0.2, 0.25) is 0 Å². The maximum Gasteiger partial charge on any atom is 0.144 e. The van der Waals surface area contributed by atoms with Gasteiger partial charge in [-0.2, -0.15) is 4.91 Å². The van der Waals surface area contributed by atoms with E-state index < -0.39 is 0 Å². The van der Waals surface area contributed by atoms with Gasteiger partial charge in [-0.15, -0.1) is 11.8 Å². The number of aromatic nitrogens is 2. The number of aryl methyl sites for hydroxylation is 2. The zero-order valence-electron chi connectivity index (χ0n) is 10.9. The molecule has 18 heavy (non-hydrogen) atoms. The third kappa shape index (κ3) is 2.80. The molecule has 0 radical (unpaired) electrons. The van der Waals surface area contributed by atoms with E-state index >= 15 is 0 Å². The van der Waals surface area contributed by atoms with Crippen molar-refractivity contribution >= 4 is 17.6 Å². The van der Waals surface area contributed by atoms with Crippen molar-refractivity contribution in [2.45, 2.75) is 38.1 Å². The predicted molar refractivity (Wildman–Crippen MR) is 74.1 cm³/mol. The van der Waals surface area contributed by atoms with E-state index in [-0.39, 0.29) is 12.6 Å². The summed E-state index contributed by atoms with van der Waals surface area (Å²) in [6.45, 7) is 6.31. The highest BCUT2D eigenvalue weighted by Crippen LogP contribution is 2.35. The second-order valence-corrected chi connectivity index (χ2v) is 5.91. The largest absolute Gasteiger partial charge is 0.364 e. The Morgan fingerprint density at radius 3 is 2.89 bits per heavy atom. The highest BCUT2D eigenvalue weighted by atomic mass is 32.2. The van der Waals surface area contributed by atoms with Crippen molar-refractivity contribution in [2.75, 3.05) is 17.6 Å². The minimum absolute atomic E-state index is 0.0297. The number of nitrogens with zero attached hydrogens (tertiary/aromatic N) is 3. The number of nitrogens with one attached hydrogen (secondary N) is 1. The lowest BCUT2D eigenvalue weighted by Crippen LogP contribution is -2.29. The van der Waals surface area contributed by atoms with Crippen molar-refractivity contribution in [2.24, 2.45) is 11.1 Å². The smallest absolute Gasteiger partial charge is 0.144 e. The molecule has 2 heterocycles. The summed E-state index contributed by atoms with van der Waals surface area (Å²) in [4.78, 5) is 20.5. The topological polar surface area (TPSA) is 67.2 Å². The molecule has 0 fully saturated rings. The number of hydrogen-bond acceptors (Lipinski definition) is 6. The predicted octanol–water partition coefficient (Wildman–Crippen LogP) is 2.64. The number of hydrogen-bond donors (Lipinski definition) is 1. The molecule has 1 aliphatic heterocycles. The van der Waals surface area contributed by atoms with Crippen LogP contribution in [0.1, 0.15) is 25.4 Å². The van der Waals surface area contributed by atoms with Gasteiger partial charge in [-0.25, -0.2) is 9.97 Å². The molecule has 98 valence electrons. The third-order valence-electron chi connectivity index (χ3n) is 3.03. The van der Waals surface area contributed by atoms with Gasteiger partial charge in [0.25, 0.3) is 0 Å². The molecular weight excluding hydrogens is 248 g/mol. The second-order valence-electron chi connectivity index (χ2n) is 4.80. The Morgan fingerprint density at radius 1 is 1.44 bits per heavy atom. The van der Waals surface area contributed by atoms with Crippen LogP contribution in [0.5, 0.6) is 0 Å². The van der Waals surface area contributed by atoms with Crippen LogP contribution in [-0.2, 0) is 6.42 Å². The Morgan fingerprint density at radius 2 is 2.22 bits per heavy atom. The Kier molecular flexibility index (Phi) is 4.16. The monoisotopic (exact) mass is 266 g/mol. The minimum atomic E-state index is 0.0297. The SMILES string of the molecule is Cc1nc2c(c(NC(CN=O)C(C)C)n1)SCC2. The van der Waals surface area contributed by atoms with E-state index in [1.165, 1.54) is 0 Å². The van der Waals surface area contributed by atoms with E-state index in [4.69, 9.17) is 0 Å². The van der Waals surface area contributed by atoms with Crippen LogP contribution < -0.4 is 5.32 Å². The Labute approximate surface area is 111 Å². The molecule has 1 unspecified atom stereocenters. The third-order valence-corrected chi connectivity index (χ3v) is 4.16. The van der Waals surface area contributed by atoms with Gasteiger partial charge in [0.1, 0.15) is 18.2 Å². The van der Waals surface area contributed by atoms with Crippen LogP contribution in [0.25, 0.3) is 0 Å². The van der Waals surface area contributed by atoms with Crippen LogP contribution in [-0.4, -0.2) is 28.3 Å². The average molecular weight is 266 g/mol. The molecule has 0 bridgehead atoms. The zero-order valence-corrected chi connectivity index (χ0v) is 11.8. The van der Waals surface area contributed by atoms with Crippen molar-refractivity contribution < 1.29 is 0 Å². The van der Waals surface area contributed by atoms with E-state index in [0.717, 1.165) is 34.4 Å². The first kappa shape index (κ1) is 13.3. The van der Waals surface area contributed by atoms with Gasteiger partial charge >= 0.3 is 0 Å². The molecule has 0 aliphatic carbocycles. The highest BCUT2D eigenvalue weighted by Gasteiger charge is 2.22. The number of thioether (sulfide) groups is 1. The lowest BCUT2D eigenvalue weighted by atomic mass is 10.0. The average Bonchev–Trinajstić information content (AvgIpc) is 2.76. The van der Waals surface area contributed by atoms with Crippen molar-refractivity contribution in [3.63, 3.8) is 0 Å². The molecule has 0 saturated carbocycles. The van der Waals surface area contributed by atoms with E-state index in [2.05, 4.69) is 34.3 Å². The van der Waals surface area contributed by atoms with Gasteiger partial charge in [0.15, 0.2) is 0 Å². The van der Waals surface area contributed by atoms with Crippen molar-refractivity contribution in [1.82, 2.24) is 9.97 Å². The van der Waals surface area contributed by atoms with Gasteiger partial charge in [0.05, 0.1) is 16.6 Å². The fraction of sp³-hybridized carbons (Fsp3) is 0.667. The van der Waals surface area contributed by atoms with Crippen LogP contribution in [0, 0.1) is 17.7 Å². The van der Waals surface area contributed by atoms with Gasteiger partial charge in [0.2, 0.25) is 0 Å². The molecule has 6 heteroatoms. The molecule has 0 amide bonds. The second kappa shape index (κ2) is 5.65. The summed E-state index contributed by atoms with van der Waals surface area (Å²) in [5.74, 6) is 3.03. The quantitative estimate of drug-likeness (QED) is 0.830. The van der Waals surface area contributed by atoms with Crippen molar-refractivity contribution in [3.8, 4) is 0 Å². The molecule has 1 atom stereocenters. The Hall–Kier alpha value is -1.17. The Bertz CT molecular complexity index is 450. The first-order valence-corrected chi connectivity index (χ1v) is 7.16. The summed E-state index contributed by atoms with van der Waals surface area (Å²) in [7, 11) is 0. The summed E-state index contributed by atoms with van der Waals surface area (Å²) < 4.78 is 0. The van der Waals surface area contributed by atoms with Gasteiger partial charge in [-0.1, -0.05) is 19.0 Å². The molecule has 0 saturated heterocycles. The molecule has 0 spiro atoms. The fourth-order valence-electron chi connectivity index (χ4n) is 1.97. The summed E-state index contributed by atoms with van der Waals surface area (Å²) in [6.07, 6.45) is 0.996. The normalized spacial score (nSPS) is 15.6. The molecule has 5 nitrogen and oxygen atoms in total. The zero-order chi connectivity index (χ0) is 13.1. The van der Waals surface area contributed by atoms with E-state index in [9.17, 15) is 4.91 Å². The number of fused-ring (bicyclic) bond motifs is 1. The lowest BCUT2D eigenvalue weighted by Gasteiger charge is -2.21. The van der Waals surface area contributed by atoms with Crippen LogP contribution in [0.3, 0.4) is 0 Å². The van der Waals surface area contributed by atoms with E-state index in [1.807, 2.05) is 6.92 Å². The standard InChI is InChI=1S/C12H18N4OS/c1-7(2)10(6-13-17)16-12-11-9(4-5-18-11)14-8(3)15-12/h7,10H,4-6H2,1-3H3,(H,14,15,16). The van der Waals surface area contributed by atoms with E-state index in [0.29, 0.717) is 5.92 Å². The lowest BCUT2D eigenvalue weighted by molar-refractivity contribution is 0.528. The first-order valence-electron chi connectivity index (χ1n) is 6.17. The molecule has 1 aliphatic rings. The summed E-state index contributed by atoms with van der Waals surface area (Å²) in [5.41, 5.74) is 1.12. The maximum atomic E-state index is 10.5. The molecule has 1 N–H and O–H groups in total. The molecule has 1 aromatic rings. The Balaban J connectivity index is 2.25. The van der Waals surface area contributed by atoms with Crippen molar-refractivity contribution in [1.29, 1.82) is 0 Å². The number of anilines is 1. The minimum Gasteiger partial charge on any atom is -0.364 e. The molecule has 1 aromatic heterocycles. The number of nitroso groups, excluding NO2 is 1. The van der Waals surface area contributed by atoms with Gasteiger partial charge in [0, 0.05) is 12.2 Å². The summed E-state index contributed by atoms with van der Waals surface area (Å²) in [5, 5.41) is 6.36. The molecular formula is C12H18N4OS. The van der Waals surface area contributed by atoms with Crippen molar-refractivity contribution in [3.05, 3.63) is 16.4 Å². The van der Waals surface area contributed by atoms with Gasteiger partial charge < -0.3 is 5.32 Å². The molecule has 0 aromatic carbocycles. The molecule has 2 rings (SSSR count). The van der Waals surface area contributed by atoms with E-state index in [1.54, 1.807) is 11.8 Å².